The van der Waals surface area contributed by atoms with Crippen LogP contribution in [0.15, 0.2) is 16.8 Å². The number of rotatable bonds is 5. The maximum atomic E-state index is 11.9. The second-order valence-electron chi connectivity index (χ2n) is 5.08. The standard InChI is InChI=1S/C14H22N2OS/c1-11(13-6-9-18-10-13)16-14(17)3-2-12-4-7-15-8-5-12/h6,9-12,15H,2-5,7-8H2,1H3,(H,16,17). The second kappa shape index (κ2) is 6.90. The Morgan fingerprint density at radius 3 is 3.00 bits per heavy atom. The van der Waals surface area contributed by atoms with Gasteiger partial charge in [-0.3, -0.25) is 4.79 Å². The van der Waals surface area contributed by atoms with Gasteiger partial charge in [0.15, 0.2) is 0 Å². The Morgan fingerprint density at radius 1 is 1.56 bits per heavy atom. The zero-order valence-corrected chi connectivity index (χ0v) is 11.8. The average Bonchev–Trinajstić information content (AvgIpc) is 2.91. The molecule has 1 atom stereocenters. The number of piperidine rings is 1. The number of thiophene rings is 1. The lowest BCUT2D eigenvalue weighted by molar-refractivity contribution is -0.122. The van der Waals surface area contributed by atoms with Crippen LogP contribution >= 0.6 is 11.3 Å². The van der Waals surface area contributed by atoms with Gasteiger partial charge in [-0.15, -0.1) is 0 Å². The van der Waals surface area contributed by atoms with Crippen LogP contribution < -0.4 is 10.6 Å². The Kier molecular flexibility index (Phi) is 5.20. The molecule has 3 nitrogen and oxygen atoms in total. The molecule has 1 aliphatic rings. The van der Waals surface area contributed by atoms with E-state index in [0.29, 0.717) is 6.42 Å². The lowest BCUT2D eigenvalue weighted by Gasteiger charge is -2.22. The molecule has 0 saturated carbocycles. The number of nitrogens with one attached hydrogen (secondary N) is 2. The van der Waals surface area contributed by atoms with Gasteiger partial charge in [0.25, 0.3) is 0 Å². The predicted molar refractivity (Wildman–Crippen MR) is 75.7 cm³/mol. The summed E-state index contributed by atoms with van der Waals surface area (Å²) in [6, 6.07) is 2.21. The van der Waals surface area contributed by atoms with Crippen molar-refractivity contribution in [1.29, 1.82) is 0 Å². The third-order valence-electron chi connectivity index (χ3n) is 3.66. The van der Waals surface area contributed by atoms with Crippen molar-refractivity contribution >= 4 is 17.2 Å². The molecule has 2 N–H and O–H groups in total. The van der Waals surface area contributed by atoms with Crippen LogP contribution in [-0.2, 0) is 4.79 Å². The van der Waals surface area contributed by atoms with Crippen molar-refractivity contribution in [1.82, 2.24) is 10.6 Å². The fourth-order valence-corrected chi connectivity index (χ4v) is 3.18. The first-order valence-electron chi connectivity index (χ1n) is 6.78. The molecule has 1 aromatic heterocycles. The maximum absolute atomic E-state index is 11.9. The Balaban J connectivity index is 1.68. The van der Waals surface area contributed by atoms with Crippen LogP contribution in [0.3, 0.4) is 0 Å². The molecular weight excluding hydrogens is 244 g/mol. The fourth-order valence-electron chi connectivity index (χ4n) is 2.42. The van der Waals surface area contributed by atoms with E-state index in [1.54, 1.807) is 11.3 Å². The van der Waals surface area contributed by atoms with Gasteiger partial charge in [0.05, 0.1) is 6.04 Å². The molecule has 1 aromatic rings. The zero-order chi connectivity index (χ0) is 12.8. The SMILES string of the molecule is CC(NC(=O)CCC1CCNCC1)c1ccsc1. The van der Waals surface area contributed by atoms with E-state index in [1.165, 1.54) is 18.4 Å². The largest absolute Gasteiger partial charge is 0.350 e. The summed E-state index contributed by atoms with van der Waals surface area (Å²) in [5, 5.41) is 10.6. The highest BCUT2D eigenvalue weighted by Crippen LogP contribution is 2.19. The van der Waals surface area contributed by atoms with Crippen molar-refractivity contribution in [3.63, 3.8) is 0 Å². The number of amides is 1. The van der Waals surface area contributed by atoms with Gasteiger partial charge in [0.1, 0.15) is 0 Å². The molecule has 0 aliphatic carbocycles. The molecule has 1 fully saturated rings. The van der Waals surface area contributed by atoms with Gasteiger partial charge in [-0.25, -0.2) is 0 Å². The van der Waals surface area contributed by atoms with Gasteiger partial charge in [0, 0.05) is 6.42 Å². The van der Waals surface area contributed by atoms with E-state index in [0.717, 1.165) is 25.4 Å². The van der Waals surface area contributed by atoms with Crippen LogP contribution in [0.25, 0.3) is 0 Å². The zero-order valence-electron chi connectivity index (χ0n) is 10.9. The van der Waals surface area contributed by atoms with E-state index in [4.69, 9.17) is 0 Å². The van der Waals surface area contributed by atoms with Gasteiger partial charge >= 0.3 is 0 Å². The molecule has 2 heterocycles. The predicted octanol–water partition coefficient (Wildman–Crippen LogP) is 2.71. The Bertz CT molecular complexity index is 358. The molecule has 0 aromatic carbocycles. The first kappa shape index (κ1) is 13.6. The van der Waals surface area contributed by atoms with Crippen LogP contribution in [0.1, 0.15) is 44.2 Å². The van der Waals surface area contributed by atoms with Crippen molar-refractivity contribution < 1.29 is 4.79 Å². The summed E-state index contributed by atoms with van der Waals surface area (Å²) in [7, 11) is 0. The van der Waals surface area contributed by atoms with E-state index < -0.39 is 0 Å². The molecule has 1 unspecified atom stereocenters. The van der Waals surface area contributed by atoms with E-state index in [2.05, 4.69) is 22.1 Å². The molecule has 2 rings (SSSR count). The Morgan fingerprint density at radius 2 is 2.33 bits per heavy atom. The van der Waals surface area contributed by atoms with Crippen LogP contribution in [0.5, 0.6) is 0 Å². The average molecular weight is 266 g/mol. The molecule has 1 amide bonds. The van der Waals surface area contributed by atoms with E-state index in [9.17, 15) is 4.79 Å². The van der Waals surface area contributed by atoms with E-state index in [-0.39, 0.29) is 11.9 Å². The molecular formula is C14H22N2OS. The van der Waals surface area contributed by atoms with Crippen LogP contribution in [0.4, 0.5) is 0 Å². The van der Waals surface area contributed by atoms with Gasteiger partial charge in [-0.2, -0.15) is 11.3 Å². The topological polar surface area (TPSA) is 41.1 Å². The van der Waals surface area contributed by atoms with Crippen LogP contribution in [0, 0.1) is 5.92 Å². The highest BCUT2D eigenvalue weighted by Gasteiger charge is 2.15. The van der Waals surface area contributed by atoms with Crippen molar-refractivity contribution in [2.24, 2.45) is 5.92 Å². The monoisotopic (exact) mass is 266 g/mol. The molecule has 1 aliphatic heterocycles. The van der Waals surface area contributed by atoms with E-state index >= 15 is 0 Å². The van der Waals surface area contributed by atoms with Crippen molar-refractivity contribution in [2.75, 3.05) is 13.1 Å². The molecule has 18 heavy (non-hydrogen) atoms. The number of carbonyl (C=O) groups is 1. The number of hydrogen-bond donors (Lipinski definition) is 2. The number of carbonyl (C=O) groups excluding carboxylic acids is 1. The number of hydrogen-bond acceptors (Lipinski definition) is 3. The van der Waals surface area contributed by atoms with Crippen LogP contribution in [-0.4, -0.2) is 19.0 Å². The normalized spacial score (nSPS) is 18.5. The lowest BCUT2D eigenvalue weighted by atomic mass is 9.93. The molecule has 0 radical (unpaired) electrons. The summed E-state index contributed by atoms with van der Waals surface area (Å²) in [5.74, 6) is 0.917. The quantitative estimate of drug-likeness (QED) is 0.860. The second-order valence-corrected chi connectivity index (χ2v) is 5.86. The molecule has 0 spiro atoms. The molecule has 4 heteroatoms. The van der Waals surface area contributed by atoms with Crippen molar-refractivity contribution in [3.05, 3.63) is 22.4 Å². The van der Waals surface area contributed by atoms with Crippen molar-refractivity contribution in [2.45, 2.75) is 38.6 Å². The van der Waals surface area contributed by atoms with Crippen LogP contribution in [0.2, 0.25) is 0 Å². The van der Waals surface area contributed by atoms with E-state index in [1.807, 2.05) is 12.3 Å². The minimum Gasteiger partial charge on any atom is -0.350 e. The summed E-state index contributed by atoms with van der Waals surface area (Å²) in [4.78, 5) is 11.9. The van der Waals surface area contributed by atoms with Gasteiger partial charge in [0.2, 0.25) is 5.91 Å². The van der Waals surface area contributed by atoms with Gasteiger partial charge in [-0.05, 0) is 67.6 Å². The highest BCUT2D eigenvalue weighted by atomic mass is 32.1. The smallest absolute Gasteiger partial charge is 0.220 e. The Hall–Kier alpha value is -0.870. The molecule has 100 valence electrons. The molecule has 1 saturated heterocycles. The molecule has 0 bridgehead atoms. The summed E-state index contributed by atoms with van der Waals surface area (Å²) < 4.78 is 0. The highest BCUT2D eigenvalue weighted by molar-refractivity contribution is 7.07. The minimum absolute atomic E-state index is 0.136. The Labute approximate surface area is 113 Å². The maximum Gasteiger partial charge on any atom is 0.220 e. The van der Waals surface area contributed by atoms with Crippen molar-refractivity contribution in [3.8, 4) is 0 Å². The summed E-state index contributed by atoms with van der Waals surface area (Å²) in [6.45, 7) is 4.26. The third kappa shape index (κ3) is 4.10. The fraction of sp³-hybridized carbons (Fsp3) is 0.643. The van der Waals surface area contributed by atoms with Gasteiger partial charge in [-0.1, -0.05) is 0 Å². The summed E-state index contributed by atoms with van der Waals surface area (Å²) >= 11 is 1.67. The third-order valence-corrected chi connectivity index (χ3v) is 4.36. The first-order valence-corrected chi connectivity index (χ1v) is 7.72. The lowest BCUT2D eigenvalue weighted by Crippen LogP contribution is -2.30. The summed E-state index contributed by atoms with van der Waals surface area (Å²) in [6.07, 6.45) is 4.13. The summed E-state index contributed by atoms with van der Waals surface area (Å²) in [5.41, 5.74) is 1.20. The van der Waals surface area contributed by atoms with Gasteiger partial charge < -0.3 is 10.6 Å². The minimum atomic E-state index is 0.136. The first-order chi connectivity index (χ1) is 8.75.